The van der Waals surface area contributed by atoms with Crippen LogP contribution >= 0.6 is 0 Å². The third-order valence-corrected chi connectivity index (χ3v) is 5.76. The van der Waals surface area contributed by atoms with E-state index in [2.05, 4.69) is 20.8 Å². The summed E-state index contributed by atoms with van der Waals surface area (Å²) in [4.78, 5) is 42.2. The summed E-state index contributed by atoms with van der Waals surface area (Å²) in [7, 11) is 2.99. The van der Waals surface area contributed by atoms with Crippen LogP contribution in [0.3, 0.4) is 0 Å². The lowest BCUT2D eigenvalue weighted by molar-refractivity contribution is -0.121. The van der Waals surface area contributed by atoms with E-state index in [1.54, 1.807) is 29.8 Å². The fraction of sp³-hybridized carbons (Fsp3) is 0.240. The molecule has 0 saturated heterocycles. The number of nitrogens with one attached hydrogen (secondary N) is 2. The van der Waals surface area contributed by atoms with E-state index in [1.165, 1.54) is 23.9 Å². The number of aryl methyl sites for hydroxylation is 2. The van der Waals surface area contributed by atoms with Crippen LogP contribution in [0.25, 0.3) is 11.2 Å². The Labute approximate surface area is 206 Å². The fourth-order valence-corrected chi connectivity index (χ4v) is 3.80. The number of aromatic hydroxyl groups is 1. The predicted octanol–water partition coefficient (Wildman–Crippen LogP) is 1.68. The molecule has 0 unspecified atom stereocenters. The molecule has 0 aliphatic carbocycles. The fourth-order valence-electron chi connectivity index (χ4n) is 3.80. The van der Waals surface area contributed by atoms with Crippen molar-refractivity contribution in [3.63, 3.8) is 0 Å². The predicted molar refractivity (Wildman–Crippen MR) is 137 cm³/mol. The van der Waals surface area contributed by atoms with Gasteiger partial charge in [-0.05, 0) is 24.1 Å². The van der Waals surface area contributed by atoms with Crippen molar-refractivity contribution in [2.24, 2.45) is 19.2 Å². The zero-order valence-electron chi connectivity index (χ0n) is 20.0. The normalized spacial score (nSPS) is 11.3. The number of anilines is 1. The Morgan fingerprint density at radius 3 is 2.53 bits per heavy atom. The molecule has 11 nitrogen and oxygen atoms in total. The minimum atomic E-state index is -0.464. The number of amides is 1. The zero-order valence-corrected chi connectivity index (χ0v) is 20.0. The molecule has 0 fully saturated rings. The molecule has 11 heteroatoms. The summed E-state index contributed by atoms with van der Waals surface area (Å²) in [5.41, 5.74) is 3.59. The molecule has 186 valence electrons. The molecule has 0 aliphatic heterocycles. The van der Waals surface area contributed by atoms with Gasteiger partial charge in [-0.3, -0.25) is 18.7 Å². The highest BCUT2D eigenvalue weighted by Gasteiger charge is 2.19. The van der Waals surface area contributed by atoms with E-state index in [-0.39, 0.29) is 29.2 Å². The smallest absolute Gasteiger partial charge is 0.332 e. The van der Waals surface area contributed by atoms with Gasteiger partial charge in [0.25, 0.3) is 5.56 Å². The summed E-state index contributed by atoms with van der Waals surface area (Å²) < 4.78 is 4.09. The van der Waals surface area contributed by atoms with Gasteiger partial charge in [-0.25, -0.2) is 10.2 Å². The third-order valence-electron chi connectivity index (χ3n) is 5.76. The lowest BCUT2D eigenvalue weighted by atomic mass is 10.2. The molecule has 4 rings (SSSR count). The van der Waals surface area contributed by atoms with Gasteiger partial charge in [-0.15, -0.1) is 0 Å². The maximum absolute atomic E-state index is 13.0. The Kier molecular flexibility index (Phi) is 7.28. The van der Waals surface area contributed by atoms with Crippen molar-refractivity contribution in [3.05, 3.63) is 86.6 Å². The van der Waals surface area contributed by atoms with Crippen LogP contribution in [0.2, 0.25) is 0 Å². The van der Waals surface area contributed by atoms with Crippen LogP contribution < -0.4 is 22.0 Å². The number of hydrazone groups is 1. The number of carbonyl (C=O) groups is 1. The minimum absolute atomic E-state index is 0.0639. The van der Waals surface area contributed by atoms with Crippen molar-refractivity contribution in [2.75, 3.05) is 5.32 Å². The van der Waals surface area contributed by atoms with Crippen LogP contribution in [0.4, 0.5) is 5.95 Å². The summed E-state index contributed by atoms with van der Waals surface area (Å²) in [5, 5.41) is 16.9. The summed E-state index contributed by atoms with van der Waals surface area (Å²) in [6, 6.07) is 16.4. The molecule has 3 N–H and O–H groups in total. The largest absolute Gasteiger partial charge is 0.507 e. The number of phenolic OH excluding ortho intramolecular Hbond substituents is 1. The van der Waals surface area contributed by atoms with Crippen LogP contribution in [-0.2, 0) is 32.0 Å². The number of hydrogen-bond donors (Lipinski definition) is 3. The van der Waals surface area contributed by atoms with Crippen molar-refractivity contribution in [1.29, 1.82) is 0 Å². The molecule has 4 aromatic rings. The number of phenols is 1. The van der Waals surface area contributed by atoms with Gasteiger partial charge in [0.05, 0.1) is 6.21 Å². The molecule has 0 spiro atoms. The van der Waals surface area contributed by atoms with Gasteiger partial charge in [-0.1, -0.05) is 42.5 Å². The van der Waals surface area contributed by atoms with Gasteiger partial charge in [0.2, 0.25) is 11.9 Å². The van der Waals surface area contributed by atoms with Crippen LogP contribution in [0.5, 0.6) is 5.75 Å². The first-order valence-corrected chi connectivity index (χ1v) is 11.4. The summed E-state index contributed by atoms with van der Waals surface area (Å²) in [6.07, 6.45) is 1.91. The van der Waals surface area contributed by atoms with Crippen molar-refractivity contribution in [3.8, 4) is 5.75 Å². The molecule has 1 amide bonds. The second-order valence-electron chi connectivity index (χ2n) is 8.26. The molecule has 0 bridgehead atoms. The van der Waals surface area contributed by atoms with Gasteiger partial charge < -0.3 is 15.0 Å². The molecular formula is C25H27N7O4. The molecule has 0 radical (unpaired) electrons. The standard InChI is InChI=1S/C25H27N7O4/c1-30-22-21(23(35)31(2)25(30)36)32(24(28-22)26-15-17-9-4-3-5-10-17)14-8-13-20(34)29-27-16-18-11-6-7-12-19(18)33/h3-7,9-12,16,33H,8,13-15H2,1-2H3,(H,26,28)(H,29,34)/b27-16+. The average molecular weight is 490 g/mol. The van der Waals surface area contributed by atoms with Crippen molar-refractivity contribution in [2.45, 2.75) is 25.9 Å². The molecule has 2 heterocycles. The monoisotopic (exact) mass is 489 g/mol. The number of benzene rings is 2. The number of para-hydroxylation sites is 1. The van der Waals surface area contributed by atoms with Crippen LogP contribution in [0, 0.1) is 0 Å². The Bertz CT molecular complexity index is 1530. The van der Waals surface area contributed by atoms with E-state index >= 15 is 0 Å². The first-order valence-electron chi connectivity index (χ1n) is 11.4. The summed E-state index contributed by atoms with van der Waals surface area (Å²) in [5.74, 6) is 0.185. The highest BCUT2D eigenvalue weighted by Crippen LogP contribution is 2.18. The maximum Gasteiger partial charge on any atom is 0.332 e. The van der Waals surface area contributed by atoms with Gasteiger partial charge >= 0.3 is 5.69 Å². The second kappa shape index (κ2) is 10.7. The molecule has 2 aromatic carbocycles. The highest BCUT2D eigenvalue weighted by molar-refractivity contribution is 5.85. The van der Waals surface area contributed by atoms with E-state index in [0.29, 0.717) is 31.0 Å². The van der Waals surface area contributed by atoms with E-state index in [4.69, 9.17) is 0 Å². The highest BCUT2D eigenvalue weighted by atomic mass is 16.3. The Morgan fingerprint density at radius 2 is 1.78 bits per heavy atom. The Hall–Kier alpha value is -4.67. The van der Waals surface area contributed by atoms with E-state index in [9.17, 15) is 19.5 Å². The van der Waals surface area contributed by atoms with Crippen LogP contribution in [-0.4, -0.2) is 35.9 Å². The van der Waals surface area contributed by atoms with Crippen molar-refractivity contribution in [1.82, 2.24) is 24.1 Å². The van der Waals surface area contributed by atoms with Gasteiger partial charge in [-0.2, -0.15) is 10.1 Å². The number of nitrogens with zero attached hydrogens (tertiary/aromatic N) is 5. The van der Waals surface area contributed by atoms with Gasteiger partial charge in [0.1, 0.15) is 5.75 Å². The molecule has 0 atom stereocenters. The van der Waals surface area contributed by atoms with Gasteiger partial charge in [0.15, 0.2) is 11.2 Å². The Balaban J connectivity index is 1.51. The number of hydrogen-bond acceptors (Lipinski definition) is 7. The number of aromatic nitrogens is 4. The van der Waals surface area contributed by atoms with E-state index in [0.717, 1.165) is 10.1 Å². The average Bonchev–Trinajstić information content (AvgIpc) is 3.25. The number of imidazole rings is 1. The molecule has 36 heavy (non-hydrogen) atoms. The lowest BCUT2D eigenvalue weighted by Crippen LogP contribution is -2.37. The third kappa shape index (κ3) is 5.19. The number of fused-ring (bicyclic) bond motifs is 1. The van der Waals surface area contributed by atoms with Crippen molar-refractivity contribution < 1.29 is 9.90 Å². The molecule has 0 saturated carbocycles. The zero-order chi connectivity index (χ0) is 25.7. The maximum atomic E-state index is 13.0. The van der Waals surface area contributed by atoms with Gasteiger partial charge in [0, 0.05) is 39.2 Å². The molecule has 2 aromatic heterocycles. The Morgan fingerprint density at radius 1 is 1.06 bits per heavy atom. The quantitative estimate of drug-likeness (QED) is 0.242. The lowest BCUT2D eigenvalue weighted by Gasteiger charge is -2.11. The van der Waals surface area contributed by atoms with E-state index < -0.39 is 11.2 Å². The second-order valence-corrected chi connectivity index (χ2v) is 8.26. The SMILES string of the molecule is Cn1c(=O)c2c(nc(NCc3ccccc3)n2CCCC(=O)N/N=C/c2ccccc2O)n(C)c1=O. The van der Waals surface area contributed by atoms with Crippen LogP contribution in [0.1, 0.15) is 24.0 Å². The number of carbonyl (C=O) groups excluding carboxylic acids is 1. The van der Waals surface area contributed by atoms with Crippen LogP contribution in [0.15, 0.2) is 69.3 Å². The topological polar surface area (TPSA) is 136 Å². The molecule has 0 aliphatic rings. The minimum Gasteiger partial charge on any atom is -0.507 e. The van der Waals surface area contributed by atoms with E-state index in [1.807, 2.05) is 30.3 Å². The summed E-state index contributed by atoms with van der Waals surface area (Å²) in [6.45, 7) is 0.789. The van der Waals surface area contributed by atoms with Crippen molar-refractivity contribution >= 4 is 29.2 Å². The molecular weight excluding hydrogens is 462 g/mol. The first-order chi connectivity index (χ1) is 17.4. The summed E-state index contributed by atoms with van der Waals surface area (Å²) >= 11 is 0. The number of rotatable bonds is 9. The first kappa shape index (κ1) is 24.5.